The molecule has 0 aliphatic rings. The minimum absolute atomic E-state index is 0.0588. The molecule has 1 aromatic carbocycles. The molecule has 0 aliphatic heterocycles. The van der Waals surface area contributed by atoms with Crippen LogP contribution in [0.15, 0.2) is 24.3 Å². The molecular formula is C13H19F3O. The molecule has 0 saturated heterocycles. The number of halogens is 3. The average Bonchev–Trinajstić information content (AvgIpc) is 2.29. The molecule has 0 N–H and O–H groups in total. The van der Waals surface area contributed by atoms with Gasteiger partial charge in [0.25, 0.3) is 0 Å². The van der Waals surface area contributed by atoms with Crippen LogP contribution in [0.5, 0.6) is 5.75 Å². The lowest BCUT2D eigenvalue weighted by molar-refractivity contribution is -0.275. The van der Waals surface area contributed by atoms with Crippen molar-refractivity contribution < 1.29 is 17.9 Å². The van der Waals surface area contributed by atoms with Crippen molar-refractivity contribution in [2.75, 3.05) is 0 Å². The lowest BCUT2D eigenvalue weighted by Gasteiger charge is -2.16. The monoisotopic (exact) mass is 248 g/mol. The zero-order valence-electron chi connectivity index (χ0n) is 10.6. The van der Waals surface area contributed by atoms with Gasteiger partial charge in [-0.2, -0.15) is 0 Å². The number of rotatable bonds is 3. The van der Waals surface area contributed by atoms with Crippen LogP contribution < -0.4 is 4.74 Å². The van der Waals surface area contributed by atoms with Gasteiger partial charge in [-0.15, -0.1) is 13.2 Å². The Bertz CT molecular complexity index is 321. The van der Waals surface area contributed by atoms with Crippen molar-refractivity contribution in [3.63, 3.8) is 0 Å². The van der Waals surface area contributed by atoms with E-state index >= 15 is 0 Å². The third-order valence-corrected chi connectivity index (χ3v) is 2.29. The van der Waals surface area contributed by atoms with E-state index in [2.05, 4.69) is 4.74 Å². The highest BCUT2D eigenvalue weighted by Gasteiger charge is 2.32. The SMILES string of the molecule is CC.CCC(C)c1ccccc1OC(F)(F)F. The Balaban J connectivity index is 0.00000121. The normalized spacial score (nSPS) is 12.4. The zero-order valence-corrected chi connectivity index (χ0v) is 10.6. The molecule has 0 amide bonds. The van der Waals surface area contributed by atoms with Crippen LogP contribution in [0.3, 0.4) is 0 Å². The highest BCUT2D eigenvalue weighted by molar-refractivity contribution is 5.35. The fraction of sp³-hybridized carbons (Fsp3) is 0.538. The second-order valence-corrected chi connectivity index (χ2v) is 3.39. The summed E-state index contributed by atoms with van der Waals surface area (Å²) in [5, 5.41) is 0. The second-order valence-electron chi connectivity index (χ2n) is 3.39. The minimum atomic E-state index is -4.62. The Morgan fingerprint density at radius 2 is 1.71 bits per heavy atom. The van der Waals surface area contributed by atoms with Gasteiger partial charge in [0.2, 0.25) is 0 Å². The summed E-state index contributed by atoms with van der Waals surface area (Å²) in [4.78, 5) is 0. The van der Waals surface area contributed by atoms with Crippen molar-refractivity contribution in [2.24, 2.45) is 0 Å². The van der Waals surface area contributed by atoms with Gasteiger partial charge in [0.05, 0.1) is 0 Å². The largest absolute Gasteiger partial charge is 0.573 e. The molecule has 17 heavy (non-hydrogen) atoms. The van der Waals surface area contributed by atoms with Crippen molar-refractivity contribution in [2.45, 2.75) is 46.4 Å². The first-order valence-corrected chi connectivity index (χ1v) is 5.78. The van der Waals surface area contributed by atoms with E-state index in [0.717, 1.165) is 6.42 Å². The first-order chi connectivity index (χ1) is 7.94. The molecule has 0 fully saturated rings. The van der Waals surface area contributed by atoms with Crippen LogP contribution in [0.2, 0.25) is 0 Å². The molecule has 0 heterocycles. The van der Waals surface area contributed by atoms with E-state index in [4.69, 9.17) is 0 Å². The van der Waals surface area contributed by atoms with E-state index in [1.807, 2.05) is 27.7 Å². The maximum Gasteiger partial charge on any atom is 0.573 e. The molecule has 0 radical (unpaired) electrons. The Kier molecular flexibility index (Phi) is 6.69. The highest BCUT2D eigenvalue weighted by atomic mass is 19.4. The van der Waals surface area contributed by atoms with Gasteiger partial charge in [-0.05, 0) is 24.0 Å². The van der Waals surface area contributed by atoms with E-state index in [0.29, 0.717) is 5.56 Å². The number of para-hydroxylation sites is 1. The fourth-order valence-electron chi connectivity index (χ4n) is 1.33. The molecule has 1 atom stereocenters. The van der Waals surface area contributed by atoms with E-state index in [-0.39, 0.29) is 11.7 Å². The molecule has 0 spiro atoms. The smallest absolute Gasteiger partial charge is 0.405 e. The average molecular weight is 248 g/mol. The topological polar surface area (TPSA) is 9.23 Å². The molecule has 1 unspecified atom stereocenters. The third-order valence-electron chi connectivity index (χ3n) is 2.29. The molecule has 0 saturated carbocycles. The molecule has 1 nitrogen and oxygen atoms in total. The summed E-state index contributed by atoms with van der Waals surface area (Å²) in [6.45, 7) is 7.80. The lowest BCUT2D eigenvalue weighted by atomic mass is 9.98. The van der Waals surface area contributed by atoms with Crippen molar-refractivity contribution in [1.29, 1.82) is 0 Å². The molecular weight excluding hydrogens is 229 g/mol. The number of benzene rings is 1. The molecule has 1 rings (SSSR count). The van der Waals surface area contributed by atoms with Gasteiger partial charge in [-0.1, -0.05) is 45.9 Å². The number of ether oxygens (including phenoxy) is 1. The highest BCUT2D eigenvalue weighted by Crippen LogP contribution is 2.32. The standard InChI is InChI=1S/C11H13F3O.C2H6/c1-3-8(2)9-6-4-5-7-10(9)15-11(12,13)14;1-2/h4-8H,3H2,1-2H3;1-2H3. The summed E-state index contributed by atoms with van der Waals surface area (Å²) < 4.78 is 40.2. The Hall–Kier alpha value is -1.19. The maximum atomic E-state index is 12.1. The molecule has 4 heteroatoms. The van der Waals surface area contributed by atoms with Gasteiger partial charge in [0, 0.05) is 0 Å². The number of hydrogen-bond donors (Lipinski definition) is 0. The Labute approximate surface area is 101 Å². The van der Waals surface area contributed by atoms with Crippen LogP contribution in [0.25, 0.3) is 0 Å². The van der Waals surface area contributed by atoms with E-state index in [1.54, 1.807) is 12.1 Å². The predicted octanol–water partition coefficient (Wildman–Crippen LogP) is 5.12. The van der Waals surface area contributed by atoms with Crippen molar-refractivity contribution in [3.8, 4) is 5.75 Å². The summed E-state index contributed by atoms with van der Waals surface area (Å²) in [6.07, 6.45) is -3.85. The van der Waals surface area contributed by atoms with Crippen molar-refractivity contribution >= 4 is 0 Å². The van der Waals surface area contributed by atoms with Gasteiger partial charge >= 0.3 is 6.36 Å². The third kappa shape index (κ3) is 5.61. The summed E-state index contributed by atoms with van der Waals surface area (Å²) >= 11 is 0. The first-order valence-electron chi connectivity index (χ1n) is 5.78. The van der Waals surface area contributed by atoms with E-state index < -0.39 is 6.36 Å². The van der Waals surface area contributed by atoms with Crippen LogP contribution in [-0.4, -0.2) is 6.36 Å². The molecule has 0 bridgehead atoms. The van der Waals surface area contributed by atoms with Crippen LogP contribution in [0, 0.1) is 0 Å². The van der Waals surface area contributed by atoms with Crippen LogP contribution >= 0.6 is 0 Å². The lowest BCUT2D eigenvalue weighted by Crippen LogP contribution is -2.18. The predicted molar refractivity (Wildman–Crippen MR) is 63.2 cm³/mol. The van der Waals surface area contributed by atoms with Gasteiger partial charge in [-0.25, -0.2) is 0 Å². The molecule has 0 aromatic heterocycles. The van der Waals surface area contributed by atoms with Gasteiger partial charge in [0.15, 0.2) is 0 Å². The van der Waals surface area contributed by atoms with E-state index in [9.17, 15) is 13.2 Å². The van der Waals surface area contributed by atoms with Crippen LogP contribution in [-0.2, 0) is 0 Å². The summed E-state index contributed by atoms with van der Waals surface area (Å²) in [7, 11) is 0. The van der Waals surface area contributed by atoms with Crippen LogP contribution in [0.1, 0.15) is 45.6 Å². The Morgan fingerprint density at radius 3 is 2.18 bits per heavy atom. The Morgan fingerprint density at radius 1 is 1.18 bits per heavy atom. The van der Waals surface area contributed by atoms with Crippen molar-refractivity contribution in [1.82, 2.24) is 0 Å². The van der Waals surface area contributed by atoms with Gasteiger partial charge < -0.3 is 4.74 Å². The van der Waals surface area contributed by atoms with Gasteiger partial charge in [0.1, 0.15) is 5.75 Å². The summed E-state index contributed by atoms with van der Waals surface area (Å²) in [5.74, 6) is -0.0390. The number of alkyl halides is 3. The number of hydrogen-bond acceptors (Lipinski definition) is 1. The summed E-state index contributed by atoms with van der Waals surface area (Å²) in [6, 6.07) is 6.25. The van der Waals surface area contributed by atoms with Crippen molar-refractivity contribution in [3.05, 3.63) is 29.8 Å². The minimum Gasteiger partial charge on any atom is -0.405 e. The van der Waals surface area contributed by atoms with Gasteiger partial charge in [-0.3, -0.25) is 0 Å². The second kappa shape index (κ2) is 7.20. The first kappa shape index (κ1) is 15.8. The molecule has 1 aromatic rings. The zero-order chi connectivity index (χ0) is 13.5. The quantitative estimate of drug-likeness (QED) is 0.721. The molecule has 98 valence electrons. The maximum absolute atomic E-state index is 12.1. The molecule has 0 aliphatic carbocycles. The summed E-state index contributed by atoms with van der Waals surface area (Å²) in [5.41, 5.74) is 0.595. The fourth-order valence-corrected chi connectivity index (χ4v) is 1.33. The van der Waals surface area contributed by atoms with E-state index in [1.165, 1.54) is 12.1 Å². The van der Waals surface area contributed by atoms with Crippen LogP contribution in [0.4, 0.5) is 13.2 Å².